The number of H-pyrrole nitrogens is 1. The number of pyridine rings is 1. The van der Waals surface area contributed by atoms with E-state index in [2.05, 4.69) is 20.6 Å². The second-order valence-corrected chi connectivity index (χ2v) is 8.13. The molecule has 1 fully saturated rings. The first-order valence-corrected chi connectivity index (χ1v) is 9.94. The van der Waals surface area contributed by atoms with Crippen molar-refractivity contribution < 1.29 is 26.7 Å². The van der Waals surface area contributed by atoms with E-state index in [1.54, 1.807) is 0 Å². The predicted molar refractivity (Wildman–Crippen MR) is 111 cm³/mol. The molecule has 5 rings (SSSR count). The van der Waals surface area contributed by atoms with Gasteiger partial charge in [-0.25, -0.2) is 13.3 Å². The largest absolute Gasteiger partial charge is 0.419 e. The van der Waals surface area contributed by atoms with E-state index in [1.807, 2.05) is 0 Å². The highest BCUT2D eigenvalue weighted by atomic mass is 19.4. The Hall–Kier alpha value is -3.70. The number of nitrogens with one attached hydrogen (secondary N) is 2. The van der Waals surface area contributed by atoms with E-state index in [-0.39, 0.29) is 40.0 Å². The monoisotopic (exact) mass is 464 g/mol. The van der Waals surface area contributed by atoms with Gasteiger partial charge in [0.2, 0.25) is 5.91 Å². The molecule has 0 spiro atoms. The molecule has 4 aromatic rings. The van der Waals surface area contributed by atoms with Gasteiger partial charge in [0.05, 0.1) is 28.8 Å². The van der Waals surface area contributed by atoms with Crippen molar-refractivity contribution >= 4 is 33.8 Å². The Labute approximate surface area is 183 Å². The van der Waals surface area contributed by atoms with Gasteiger partial charge in [-0.05, 0) is 24.1 Å². The fraction of sp³-hybridized carbons (Fsp3) is 0.286. The molecule has 12 heteroatoms. The minimum absolute atomic E-state index is 0.0919. The van der Waals surface area contributed by atoms with Gasteiger partial charge in [-0.3, -0.25) is 9.89 Å². The SMILES string of the molecule is CN(C)c1c(F)c(C(F)(F)F)c(-c2ccn3nc(NC(=O)C4CC4F)cc3c2)c2cn[nH]c12. The first-order valence-electron chi connectivity index (χ1n) is 9.94. The zero-order valence-electron chi connectivity index (χ0n) is 17.3. The molecule has 1 aliphatic carbocycles. The maximum absolute atomic E-state index is 15.2. The van der Waals surface area contributed by atoms with Crippen molar-refractivity contribution in [3.05, 3.63) is 42.0 Å². The molecule has 3 heterocycles. The minimum Gasteiger partial charge on any atom is -0.374 e. The molecule has 1 saturated carbocycles. The van der Waals surface area contributed by atoms with E-state index in [0.29, 0.717) is 5.52 Å². The van der Waals surface area contributed by atoms with Crippen molar-refractivity contribution in [2.24, 2.45) is 5.92 Å². The van der Waals surface area contributed by atoms with Crippen molar-refractivity contribution in [3.8, 4) is 11.1 Å². The van der Waals surface area contributed by atoms with E-state index >= 15 is 4.39 Å². The highest BCUT2D eigenvalue weighted by molar-refractivity contribution is 6.04. The molecular formula is C21H17F5N6O. The summed E-state index contributed by atoms with van der Waals surface area (Å²) in [6.45, 7) is 0. The number of aromatic amines is 1. The molecule has 2 atom stereocenters. The summed E-state index contributed by atoms with van der Waals surface area (Å²) in [5, 5.41) is 13.2. The quantitative estimate of drug-likeness (QED) is 0.439. The van der Waals surface area contributed by atoms with Crippen LogP contribution in [0.4, 0.5) is 33.5 Å². The number of nitrogens with zero attached hydrogens (tertiary/aromatic N) is 4. The normalized spacial score (nSPS) is 18.2. The number of hydrogen-bond donors (Lipinski definition) is 2. The van der Waals surface area contributed by atoms with Crippen LogP contribution in [0.5, 0.6) is 0 Å². The van der Waals surface area contributed by atoms with Crippen molar-refractivity contribution in [3.63, 3.8) is 0 Å². The average molecular weight is 464 g/mol. The van der Waals surface area contributed by atoms with Crippen LogP contribution in [0.25, 0.3) is 27.5 Å². The minimum atomic E-state index is -4.98. The number of benzene rings is 1. The number of carbonyl (C=O) groups is 1. The lowest BCUT2D eigenvalue weighted by Crippen LogP contribution is -2.17. The number of hydrogen-bond acceptors (Lipinski definition) is 4. The fourth-order valence-electron chi connectivity index (χ4n) is 3.98. The van der Waals surface area contributed by atoms with Crippen LogP contribution in [0.1, 0.15) is 12.0 Å². The number of amides is 1. The van der Waals surface area contributed by atoms with Gasteiger partial charge in [0, 0.05) is 37.3 Å². The van der Waals surface area contributed by atoms with Gasteiger partial charge in [-0.15, -0.1) is 0 Å². The van der Waals surface area contributed by atoms with Gasteiger partial charge < -0.3 is 10.2 Å². The summed E-state index contributed by atoms with van der Waals surface area (Å²) >= 11 is 0. The van der Waals surface area contributed by atoms with Crippen molar-refractivity contribution in [2.45, 2.75) is 18.8 Å². The summed E-state index contributed by atoms with van der Waals surface area (Å²) in [4.78, 5) is 13.2. The van der Waals surface area contributed by atoms with Gasteiger partial charge in [0.1, 0.15) is 11.7 Å². The van der Waals surface area contributed by atoms with E-state index in [9.17, 15) is 22.4 Å². The van der Waals surface area contributed by atoms with Crippen molar-refractivity contribution in [2.75, 3.05) is 24.3 Å². The molecule has 3 aromatic heterocycles. The van der Waals surface area contributed by atoms with Gasteiger partial charge in [-0.2, -0.15) is 23.4 Å². The van der Waals surface area contributed by atoms with Gasteiger partial charge in [0.25, 0.3) is 0 Å². The molecule has 0 aliphatic heterocycles. The third-order valence-electron chi connectivity index (χ3n) is 5.61. The molecule has 1 aromatic carbocycles. The summed E-state index contributed by atoms with van der Waals surface area (Å²) in [7, 11) is 2.89. The molecule has 0 bridgehead atoms. The number of alkyl halides is 4. The molecule has 2 unspecified atom stereocenters. The third-order valence-corrected chi connectivity index (χ3v) is 5.61. The Morgan fingerprint density at radius 2 is 2.03 bits per heavy atom. The molecule has 2 N–H and O–H groups in total. The van der Waals surface area contributed by atoms with Crippen LogP contribution in [-0.4, -0.2) is 46.0 Å². The number of carbonyl (C=O) groups excluding carboxylic acids is 1. The summed E-state index contributed by atoms with van der Waals surface area (Å²) in [5.74, 6) is -2.50. The first kappa shape index (κ1) is 21.2. The van der Waals surface area contributed by atoms with E-state index in [1.165, 1.54) is 54.1 Å². The molecular weight excluding hydrogens is 447 g/mol. The van der Waals surface area contributed by atoms with E-state index in [0.717, 1.165) is 0 Å². The molecule has 0 radical (unpaired) electrons. The standard InChI is InChI=1S/C21H17F5N6O/c1-31(2)19-17(23)16(21(24,25)26)15(12-8-27-29-18(12)19)9-3-4-32-10(5-9)6-14(30-32)28-20(33)11-7-13(11)22/h3-6,8,11,13H,7H2,1-2H3,(H,27,29)(H,28,30,33). The summed E-state index contributed by atoms with van der Waals surface area (Å²) in [5.41, 5.74) is -1.43. The van der Waals surface area contributed by atoms with Crippen molar-refractivity contribution in [1.82, 2.24) is 19.8 Å². The van der Waals surface area contributed by atoms with E-state index in [4.69, 9.17) is 0 Å². The lowest BCUT2D eigenvalue weighted by atomic mass is 9.94. The second-order valence-electron chi connectivity index (χ2n) is 8.13. The van der Waals surface area contributed by atoms with Gasteiger partial charge in [-0.1, -0.05) is 0 Å². The summed E-state index contributed by atoms with van der Waals surface area (Å²) < 4.78 is 71.9. The maximum atomic E-state index is 15.2. The van der Waals surface area contributed by atoms with Crippen LogP contribution in [0, 0.1) is 11.7 Å². The molecule has 0 saturated heterocycles. The molecule has 1 aliphatic rings. The number of aromatic nitrogens is 4. The zero-order chi connectivity index (χ0) is 23.7. The maximum Gasteiger partial charge on any atom is 0.419 e. The Kier molecular flexibility index (Phi) is 4.59. The fourth-order valence-corrected chi connectivity index (χ4v) is 3.98. The summed E-state index contributed by atoms with van der Waals surface area (Å²) in [6, 6.07) is 4.22. The first-order chi connectivity index (χ1) is 15.6. The highest BCUT2D eigenvalue weighted by Gasteiger charge is 2.44. The lowest BCUT2D eigenvalue weighted by Gasteiger charge is -2.21. The Balaban J connectivity index is 1.67. The number of rotatable bonds is 4. The van der Waals surface area contributed by atoms with Crippen molar-refractivity contribution in [1.29, 1.82) is 0 Å². The third kappa shape index (κ3) is 3.45. The molecule has 33 heavy (non-hydrogen) atoms. The highest BCUT2D eigenvalue weighted by Crippen LogP contribution is 2.46. The molecule has 172 valence electrons. The van der Waals surface area contributed by atoms with Gasteiger partial charge >= 0.3 is 6.18 Å². The number of halogens is 5. The topological polar surface area (TPSA) is 78.3 Å². The van der Waals surface area contributed by atoms with E-state index < -0.39 is 35.6 Å². The van der Waals surface area contributed by atoms with Crippen LogP contribution in [-0.2, 0) is 11.0 Å². The zero-order valence-corrected chi connectivity index (χ0v) is 17.3. The molecule has 1 amide bonds. The van der Waals surface area contributed by atoms with Crippen LogP contribution in [0.3, 0.4) is 0 Å². The smallest absolute Gasteiger partial charge is 0.374 e. The average Bonchev–Trinajstić information content (AvgIpc) is 3.10. The molecule has 7 nitrogen and oxygen atoms in total. The van der Waals surface area contributed by atoms with Gasteiger partial charge in [0.15, 0.2) is 11.6 Å². The van der Waals surface area contributed by atoms with Crippen LogP contribution < -0.4 is 10.2 Å². The number of fused-ring (bicyclic) bond motifs is 2. The Bertz CT molecular complexity index is 1410. The second kappa shape index (κ2) is 7.15. The van der Waals surface area contributed by atoms with Crippen LogP contribution in [0.15, 0.2) is 30.6 Å². The Morgan fingerprint density at radius 3 is 2.67 bits per heavy atom. The predicted octanol–water partition coefficient (Wildman–Crippen LogP) is 4.40. The Morgan fingerprint density at radius 1 is 1.30 bits per heavy atom. The summed E-state index contributed by atoms with van der Waals surface area (Å²) in [6.07, 6.45) is -3.37. The lowest BCUT2D eigenvalue weighted by molar-refractivity contribution is -0.139. The van der Waals surface area contributed by atoms with Crippen LogP contribution in [0.2, 0.25) is 0 Å². The number of anilines is 2. The van der Waals surface area contributed by atoms with Crippen LogP contribution >= 0.6 is 0 Å².